The summed E-state index contributed by atoms with van der Waals surface area (Å²) in [5.74, 6) is 6.92. The van der Waals surface area contributed by atoms with Crippen LogP contribution in [0.3, 0.4) is 0 Å². The van der Waals surface area contributed by atoms with Crippen molar-refractivity contribution in [3.05, 3.63) is 47.8 Å². The van der Waals surface area contributed by atoms with Crippen LogP contribution in [0.25, 0.3) is 0 Å². The number of carbonyl (C=O) groups excluding carboxylic acids is 1. The zero-order chi connectivity index (χ0) is 29.0. The summed E-state index contributed by atoms with van der Waals surface area (Å²) < 4.78 is 25.2. The van der Waals surface area contributed by atoms with E-state index in [4.69, 9.17) is 30.2 Å². The van der Waals surface area contributed by atoms with Crippen LogP contribution in [0.5, 0.6) is 0 Å². The number of halogens is 1. The Labute approximate surface area is 242 Å². The molecule has 39 heavy (non-hydrogen) atoms. The standard InChI is InChI=1S/C32H47ClO5Si/c1-21-16-25(15-13-11-10-12-14-24-18-27(24)33)36-30(34)20-26-19-29(38-39(8,9)32(4,5)6)23(3)31(37-26)22(2)28(17-21)35-7/h10-11,13,15,17,19,22-25,27-29,31H,16,18,20H2,1-9H3/b11-10+,15-13+,21-17+/t22-,23-,24-,25+,27-,28-,29+,31+/m1/s1. The zero-order valence-corrected chi connectivity index (χ0v) is 26.9. The monoisotopic (exact) mass is 574 g/mol. The normalized spacial score (nSPS) is 35.5. The molecule has 8 atom stereocenters. The molecule has 7 heteroatoms. The molecule has 0 amide bonds. The van der Waals surface area contributed by atoms with Gasteiger partial charge >= 0.3 is 5.97 Å². The third-order valence-electron chi connectivity index (χ3n) is 8.39. The molecule has 0 aromatic heterocycles. The van der Waals surface area contributed by atoms with Crippen molar-refractivity contribution in [3.63, 3.8) is 0 Å². The molecule has 0 aromatic carbocycles. The molecular formula is C32H47ClO5Si. The molecule has 5 nitrogen and oxygen atoms in total. The fourth-order valence-corrected chi connectivity index (χ4v) is 6.31. The second-order valence-corrected chi connectivity index (χ2v) is 18.1. The number of rotatable bonds is 5. The highest BCUT2D eigenvalue weighted by Gasteiger charge is 2.45. The van der Waals surface area contributed by atoms with Gasteiger partial charge in [-0.05, 0) is 49.7 Å². The van der Waals surface area contributed by atoms with Crippen LogP contribution in [0, 0.1) is 29.6 Å². The Morgan fingerprint density at radius 3 is 2.38 bits per heavy atom. The predicted octanol–water partition coefficient (Wildman–Crippen LogP) is 7.34. The maximum absolute atomic E-state index is 13.1. The maximum Gasteiger partial charge on any atom is 0.314 e. The smallest absolute Gasteiger partial charge is 0.314 e. The third-order valence-corrected chi connectivity index (χ3v) is 13.3. The lowest BCUT2D eigenvalue weighted by molar-refractivity contribution is -0.148. The van der Waals surface area contributed by atoms with Crippen molar-refractivity contribution < 1.29 is 23.4 Å². The fourth-order valence-electron chi connectivity index (χ4n) is 4.74. The number of allylic oxidation sites excluding steroid dienone is 3. The van der Waals surface area contributed by atoms with E-state index in [0.29, 0.717) is 18.1 Å². The lowest BCUT2D eigenvalue weighted by atomic mass is 9.83. The van der Waals surface area contributed by atoms with Gasteiger partial charge in [-0.1, -0.05) is 70.3 Å². The molecule has 1 aliphatic carbocycles. The van der Waals surface area contributed by atoms with E-state index < -0.39 is 14.4 Å². The van der Waals surface area contributed by atoms with Crippen molar-refractivity contribution in [2.75, 3.05) is 7.11 Å². The van der Waals surface area contributed by atoms with E-state index in [1.165, 1.54) is 0 Å². The molecular weight excluding hydrogens is 528 g/mol. The number of esters is 1. The topological polar surface area (TPSA) is 54.0 Å². The Morgan fingerprint density at radius 2 is 1.77 bits per heavy atom. The van der Waals surface area contributed by atoms with Crippen LogP contribution >= 0.6 is 11.6 Å². The molecule has 2 aliphatic heterocycles. The Balaban J connectivity index is 1.85. The van der Waals surface area contributed by atoms with Gasteiger partial charge < -0.3 is 18.6 Å². The molecule has 1 fully saturated rings. The number of alkyl halides is 1. The first-order valence-electron chi connectivity index (χ1n) is 14.1. The maximum atomic E-state index is 13.1. The zero-order valence-electron chi connectivity index (χ0n) is 25.1. The Kier molecular flexibility index (Phi) is 10.8. The summed E-state index contributed by atoms with van der Waals surface area (Å²) in [6.45, 7) is 17.6. The largest absolute Gasteiger partial charge is 0.494 e. The first-order chi connectivity index (χ1) is 18.2. The van der Waals surface area contributed by atoms with Crippen LogP contribution in [0.4, 0.5) is 0 Å². The third kappa shape index (κ3) is 8.85. The van der Waals surface area contributed by atoms with Crippen LogP contribution in [-0.2, 0) is 23.4 Å². The highest BCUT2D eigenvalue weighted by atomic mass is 35.5. The van der Waals surface area contributed by atoms with Crippen molar-refractivity contribution in [1.29, 1.82) is 0 Å². The van der Waals surface area contributed by atoms with Crippen LogP contribution < -0.4 is 0 Å². The van der Waals surface area contributed by atoms with Crippen molar-refractivity contribution in [2.24, 2.45) is 17.8 Å². The van der Waals surface area contributed by atoms with Crippen LogP contribution in [-0.4, -0.2) is 51.2 Å². The van der Waals surface area contributed by atoms with Gasteiger partial charge in [0.2, 0.25) is 0 Å². The Bertz CT molecular complexity index is 1060. The average Bonchev–Trinajstić information content (AvgIpc) is 3.54. The van der Waals surface area contributed by atoms with Gasteiger partial charge in [0.1, 0.15) is 24.4 Å². The quantitative estimate of drug-likeness (QED) is 0.0858. The lowest BCUT2D eigenvalue weighted by Gasteiger charge is -2.45. The van der Waals surface area contributed by atoms with Crippen molar-refractivity contribution >= 4 is 25.9 Å². The van der Waals surface area contributed by atoms with E-state index in [1.54, 1.807) is 13.2 Å². The van der Waals surface area contributed by atoms with Crippen molar-refractivity contribution in [1.82, 2.24) is 0 Å². The summed E-state index contributed by atoms with van der Waals surface area (Å²) in [5.41, 5.74) is 1.09. The van der Waals surface area contributed by atoms with Crippen LogP contribution in [0.2, 0.25) is 18.1 Å². The van der Waals surface area contributed by atoms with Crippen molar-refractivity contribution in [3.8, 4) is 11.8 Å². The van der Waals surface area contributed by atoms with E-state index in [0.717, 1.165) is 12.0 Å². The average molecular weight is 575 g/mol. The van der Waals surface area contributed by atoms with Crippen LogP contribution in [0.15, 0.2) is 47.8 Å². The van der Waals surface area contributed by atoms with Gasteiger partial charge in [-0.25, -0.2) is 0 Å². The minimum Gasteiger partial charge on any atom is -0.494 e. The SMILES string of the molecule is CO[C@@H]1/C=C(\C)C[C@H](/C=C/C=C/C#C[C@@H]2C[C@H]2Cl)OC(=O)CC2=C[C@H](O[Si](C)(C)C(C)(C)C)[C@@H](C)[C@@H](O2)[C@@H]1C. The highest BCUT2D eigenvalue weighted by molar-refractivity contribution is 6.74. The molecule has 3 rings (SSSR count). The van der Waals surface area contributed by atoms with Gasteiger partial charge in [0.25, 0.3) is 0 Å². The van der Waals surface area contributed by atoms with E-state index in [9.17, 15) is 4.79 Å². The highest BCUT2D eigenvalue weighted by Crippen LogP contribution is 2.41. The number of cyclic esters (lactones) is 1. The van der Waals surface area contributed by atoms with E-state index in [2.05, 4.69) is 72.6 Å². The fraction of sp³-hybridized carbons (Fsp3) is 0.656. The first-order valence-corrected chi connectivity index (χ1v) is 17.5. The Hall–Kier alpha value is -1.78. The molecule has 1 saturated carbocycles. The molecule has 0 radical (unpaired) electrons. The van der Waals surface area contributed by atoms with E-state index >= 15 is 0 Å². The lowest BCUT2D eigenvalue weighted by Crippen LogP contribution is -2.50. The van der Waals surface area contributed by atoms with Crippen LogP contribution in [0.1, 0.15) is 60.8 Å². The summed E-state index contributed by atoms with van der Waals surface area (Å²) in [4.78, 5) is 13.1. The second kappa shape index (κ2) is 13.3. The predicted molar refractivity (Wildman–Crippen MR) is 161 cm³/mol. The van der Waals surface area contributed by atoms with E-state index in [-0.39, 0.29) is 53.0 Å². The van der Waals surface area contributed by atoms with Gasteiger partial charge in [0.05, 0.1) is 12.2 Å². The summed E-state index contributed by atoms with van der Waals surface area (Å²) in [5, 5.41) is 0.264. The number of hydrogen-bond donors (Lipinski definition) is 0. The van der Waals surface area contributed by atoms with Gasteiger partial charge in [-0.3, -0.25) is 4.79 Å². The molecule has 0 N–H and O–H groups in total. The minimum absolute atomic E-state index is 0.0548. The number of hydrogen-bond acceptors (Lipinski definition) is 5. The van der Waals surface area contributed by atoms with Gasteiger partial charge in [0, 0.05) is 36.7 Å². The molecule has 0 saturated heterocycles. The van der Waals surface area contributed by atoms with Gasteiger partial charge in [0.15, 0.2) is 8.32 Å². The minimum atomic E-state index is -2.06. The van der Waals surface area contributed by atoms with E-state index in [1.807, 2.05) is 24.3 Å². The molecule has 3 aliphatic rings. The number of ether oxygens (including phenoxy) is 3. The molecule has 0 spiro atoms. The Morgan fingerprint density at radius 1 is 1.10 bits per heavy atom. The molecule has 2 bridgehead atoms. The summed E-state index contributed by atoms with van der Waals surface area (Å²) in [7, 11) is -0.322. The van der Waals surface area contributed by atoms with Gasteiger partial charge in [-0.2, -0.15) is 0 Å². The summed E-state index contributed by atoms with van der Waals surface area (Å²) >= 11 is 6.00. The summed E-state index contributed by atoms with van der Waals surface area (Å²) in [6, 6.07) is 0. The number of carbonyl (C=O) groups is 1. The molecule has 0 aromatic rings. The second-order valence-electron chi connectivity index (χ2n) is 12.8. The molecule has 2 heterocycles. The first kappa shape index (κ1) is 31.7. The number of fused-ring (bicyclic) bond motifs is 2. The molecule has 0 unspecified atom stereocenters. The van der Waals surface area contributed by atoms with Crippen molar-refractivity contribution in [2.45, 2.75) is 109 Å². The molecule has 216 valence electrons. The number of methoxy groups -OCH3 is 1. The summed E-state index contributed by atoms with van der Waals surface area (Å²) in [6.07, 6.45) is 12.3. The van der Waals surface area contributed by atoms with Gasteiger partial charge in [-0.15, -0.1) is 11.6 Å².